The Bertz CT molecular complexity index is 918. The van der Waals surface area contributed by atoms with Crippen LogP contribution in [0.2, 0.25) is 10.0 Å². The van der Waals surface area contributed by atoms with Gasteiger partial charge in [0.05, 0.1) is 17.3 Å². The van der Waals surface area contributed by atoms with Crippen LogP contribution >= 0.6 is 23.2 Å². The Labute approximate surface area is 181 Å². The molecule has 0 radical (unpaired) electrons. The van der Waals surface area contributed by atoms with Gasteiger partial charge in [0.1, 0.15) is 12.7 Å². The van der Waals surface area contributed by atoms with Crippen molar-refractivity contribution >= 4 is 29.0 Å². The molecule has 0 bridgehead atoms. The van der Waals surface area contributed by atoms with E-state index in [1.165, 1.54) is 6.33 Å². The van der Waals surface area contributed by atoms with Gasteiger partial charge in [-0.05, 0) is 54.8 Å². The topological polar surface area (TPSA) is 57.0 Å². The summed E-state index contributed by atoms with van der Waals surface area (Å²) >= 11 is 12.0. The molecule has 0 aliphatic carbocycles. The summed E-state index contributed by atoms with van der Waals surface area (Å²) in [6, 6.07) is 11.8. The van der Waals surface area contributed by atoms with Gasteiger partial charge in [-0.25, -0.2) is 9.67 Å². The molecule has 29 heavy (non-hydrogen) atoms. The van der Waals surface area contributed by atoms with Crippen LogP contribution in [0.15, 0.2) is 55.1 Å². The molecule has 0 aliphatic rings. The van der Waals surface area contributed by atoms with Crippen molar-refractivity contribution in [2.45, 2.75) is 27.7 Å². The number of ketones is 1. The molecular weight excluding hydrogens is 409 g/mol. The fourth-order valence-electron chi connectivity index (χ4n) is 2.34. The lowest BCUT2D eigenvalue weighted by Gasteiger charge is -2.16. The van der Waals surface area contributed by atoms with Gasteiger partial charge in [-0.15, -0.1) is 0 Å². The van der Waals surface area contributed by atoms with E-state index in [1.807, 2.05) is 6.92 Å². The molecule has 2 aromatic carbocycles. The third-order valence-electron chi connectivity index (χ3n) is 3.73. The Morgan fingerprint density at radius 1 is 1.10 bits per heavy atom. The molecule has 1 aromatic heterocycles. The standard InChI is InChI=1S/C15H9Cl2N3O.C7H16O/c16-11-3-6-14(17)13(7-11)15(21)10-1-4-12(5-2-10)20-9-18-8-19-20;1-5-8-6-7(2,3)4/h1-9H;5-6H2,1-4H3. The molecule has 3 aromatic rings. The van der Waals surface area contributed by atoms with Crippen molar-refractivity contribution in [3.05, 3.63) is 76.3 Å². The minimum absolute atomic E-state index is 0.173. The highest BCUT2D eigenvalue weighted by Gasteiger charge is 2.13. The van der Waals surface area contributed by atoms with E-state index in [0.717, 1.165) is 18.9 Å². The Balaban J connectivity index is 0.000000321. The van der Waals surface area contributed by atoms with E-state index in [2.05, 4.69) is 30.9 Å². The summed E-state index contributed by atoms with van der Waals surface area (Å²) in [5.41, 5.74) is 2.07. The monoisotopic (exact) mass is 433 g/mol. The molecule has 0 aliphatic heterocycles. The highest BCUT2D eigenvalue weighted by atomic mass is 35.5. The molecule has 0 unspecified atom stereocenters. The molecule has 154 valence electrons. The smallest absolute Gasteiger partial charge is 0.194 e. The first-order chi connectivity index (χ1) is 13.7. The van der Waals surface area contributed by atoms with Crippen LogP contribution in [0.4, 0.5) is 0 Å². The maximum atomic E-state index is 12.4. The number of nitrogens with zero attached hydrogens (tertiary/aromatic N) is 3. The van der Waals surface area contributed by atoms with Crippen LogP contribution in [0, 0.1) is 5.41 Å². The summed E-state index contributed by atoms with van der Waals surface area (Å²) in [6.07, 6.45) is 3.04. The molecule has 0 saturated carbocycles. The van der Waals surface area contributed by atoms with E-state index in [4.69, 9.17) is 27.9 Å². The maximum absolute atomic E-state index is 12.4. The van der Waals surface area contributed by atoms with Crippen molar-refractivity contribution in [1.29, 1.82) is 0 Å². The van der Waals surface area contributed by atoms with Crippen molar-refractivity contribution in [3.63, 3.8) is 0 Å². The van der Waals surface area contributed by atoms with Crippen LogP contribution in [0.5, 0.6) is 0 Å². The van der Waals surface area contributed by atoms with Gasteiger partial charge in [0.2, 0.25) is 0 Å². The predicted molar refractivity (Wildman–Crippen MR) is 117 cm³/mol. The van der Waals surface area contributed by atoms with Crippen molar-refractivity contribution in [2.24, 2.45) is 5.41 Å². The molecule has 5 nitrogen and oxygen atoms in total. The highest BCUT2D eigenvalue weighted by molar-refractivity contribution is 6.36. The van der Waals surface area contributed by atoms with Gasteiger partial charge in [0.15, 0.2) is 5.78 Å². The third-order valence-corrected chi connectivity index (χ3v) is 4.29. The van der Waals surface area contributed by atoms with Gasteiger partial charge in [-0.1, -0.05) is 44.0 Å². The second-order valence-electron chi connectivity index (χ2n) is 7.54. The molecule has 0 N–H and O–H groups in total. The maximum Gasteiger partial charge on any atom is 0.194 e. The van der Waals surface area contributed by atoms with Gasteiger partial charge < -0.3 is 4.74 Å². The average molecular weight is 434 g/mol. The summed E-state index contributed by atoms with van der Waals surface area (Å²) in [6.45, 7) is 10.2. The molecule has 1 heterocycles. The van der Waals surface area contributed by atoms with Gasteiger partial charge in [0, 0.05) is 22.8 Å². The van der Waals surface area contributed by atoms with Crippen molar-refractivity contribution in [2.75, 3.05) is 13.2 Å². The van der Waals surface area contributed by atoms with Crippen LogP contribution in [-0.2, 0) is 4.74 Å². The second-order valence-corrected chi connectivity index (χ2v) is 8.38. The Hall–Kier alpha value is -2.21. The number of hydrogen-bond donors (Lipinski definition) is 0. The van der Waals surface area contributed by atoms with Crippen molar-refractivity contribution in [3.8, 4) is 5.69 Å². The number of benzene rings is 2. The highest BCUT2D eigenvalue weighted by Crippen LogP contribution is 2.23. The largest absolute Gasteiger partial charge is 0.381 e. The van der Waals surface area contributed by atoms with E-state index in [0.29, 0.717) is 26.6 Å². The Morgan fingerprint density at radius 2 is 1.79 bits per heavy atom. The first-order valence-electron chi connectivity index (χ1n) is 9.24. The van der Waals surface area contributed by atoms with Gasteiger partial charge in [0.25, 0.3) is 0 Å². The lowest BCUT2D eigenvalue weighted by molar-refractivity contribution is 0.0805. The minimum atomic E-state index is -0.173. The first kappa shape index (κ1) is 23.1. The quantitative estimate of drug-likeness (QED) is 0.471. The lowest BCUT2D eigenvalue weighted by atomic mass is 9.99. The summed E-state index contributed by atoms with van der Waals surface area (Å²) < 4.78 is 6.81. The van der Waals surface area contributed by atoms with E-state index >= 15 is 0 Å². The number of aromatic nitrogens is 3. The summed E-state index contributed by atoms with van der Waals surface area (Å²) in [7, 11) is 0. The van der Waals surface area contributed by atoms with Crippen molar-refractivity contribution in [1.82, 2.24) is 14.8 Å². The number of hydrogen-bond acceptors (Lipinski definition) is 4. The van der Waals surface area contributed by atoms with E-state index in [1.54, 1.807) is 53.5 Å². The third kappa shape index (κ3) is 7.28. The van der Waals surface area contributed by atoms with Crippen LogP contribution in [0.25, 0.3) is 5.69 Å². The molecule has 0 spiro atoms. The number of rotatable bonds is 5. The predicted octanol–water partition coefficient (Wildman–Crippen LogP) is 5.87. The zero-order valence-corrected chi connectivity index (χ0v) is 18.5. The number of halogens is 2. The molecule has 0 saturated heterocycles. The average Bonchev–Trinajstić information content (AvgIpc) is 3.22. The van der Waals surface area contributed by atoms with Crippen LogP contribution in [0.3, 0.4) is 0 Å². The summed E-state index contributed by atoms with van der Waals surface area (Å²) in [5, 5.41) is 4.88. The lowest BCUT2D eigenvalue weighted by Crippen LogP contribution is -2.14. The fourth-order valence-corrected chi connectivity index (χ4v) is 2.72. The van der Waals surface area contributed by atoms with E-state index < -0.39 is 0 Å². The SMILES string of the molecule is CCOCC(C)(C)C.O=C(c1ccc(-n2cncn2)cc1)c1cc(Cl)ccc1Cl. The number of ether oxygens (including phenoxy) is 1. The summed E-state index contributed by atoms with van der Waals surface area (Å²) in [5.74, 6) is -0.173. The number of carbonyl (C=O) groups is 1. The first-order valence-corrected chi connectivity index (χ1v) is 9.99. The molecule has 0 fully saturated rings. The number of carbonyl (C=O) groups excluding carboxylic acids is 1. The zero-order valence-electron chi connectivity index (χ0n) is 17.0. The van der Waals surface area contributed by atoms with Crippen LogP contribution in [0.1, 0.15) is 43.6 Å². The van der Waals surface area contributed by atoms with Crippen LogP contribution in [-0.4, -0.2) is 33.8 Å². The van der Waals surface area contributed by atoms with Crippen molar-refractivity contribution < 1.29 is 9.53 Å². The molecule has 0 amide bonds. The van der Waals surface area contributed by atoms with Gasteiger partial charge in [-0.2, -0.15) is 5.10 Å². The Kier molecular flexibility index (Phi) is 8.38. The molecule has 0 atom stereocenters. The molecule has 7 heteroatoms. The zero-order chi connectivity index (χ0) is 21.4. The van der Waals surface area contributed by atoms with E-state index in [9.17, 15) is 4.79 Å². The fraction of sp³-hybridized carbons (Fsp3) is 0.318. The Morgan fingerprint density at radius 3 is 2.31 bits per heavy atom. The van der Waals surface area contributed by atoms with Crippen LogP contribution < -0.4 is 0 Å². The normalized spacial score (nSPS) is 11.0. The minimum Gasteiger partial charge on any atom is -0.381 e. The van der Waals surface area contributed by atoms with Gasteiger partial charge in [-0.3, -0.25) is 4.79 Å². The van der Waals surface area contributed by atoms with E-state index in [-0.39, 0.29) is 5.78 Å². The molecular formula is C22H25Cl2N3O2. The summed E-state index contributed by atoms with van der Waals surface area (Å²) in [4.78, 5) is 16.3. The second kappa shape index (κ2) is 10.5. The molecule has 3 rings (SSSR count). The van der Waals surface area contributed by atoms with Gasteiger partial charge >= 0.3 is 0 Å².